The third-order valence-corrected chi connectivity index (χ3v) is 5.49. The zero-order valence-corrected chi connectivity index (χ0v) is 18.7. The number of para-hydroxylation sites is 1. The Balaban J connectivity index is 1.41. The molecule has 0 spiro atoms. The summed E-state index contributed by atoms with van der Waals surface area (Å²) in [6.45, 7) is 3.26. The SMILES string of the molecule is CC1=NN(c2ccc(F)c(C)c2)C(=O)/C1=N\Nc1cccc(-c2cccc(-c3nnn[nH]3)c2)c1O. The number of halogens is 1. The zero-order valence-electron chi connectivity index (χ0n) is 18.7. The maximum Gasteiger partial charge on any atom is 0.301 e. The molecule has 0 atom stereocenters. The first-order chi connectivity index (χ1) is 16.9. The van der Waals surface area contributed by atoms with Gasteiger partial charge in [-0.2, -0.15) is 15.2 Å². The maximum absolute atomic E-state index is 13.6. The van der Waals surface area contributed by atoms with Gasteiger partial charge in [0.05, 0.1) is 17.1 Å². The minimum absolute atomic E-state index is 0.0456. The number of H-pyrrole nitrogens is 1. The molecule has 1 aliphatic rings. The molecule has 1 aliphatic heterocycles. The fraction of sp³-hybridized carbons (Fsp3) is 0.0833. The van der Waals surface area contributed by atoms with Gasteiger partial charge in [0.15, 0.2) is 11.5 Å². The first-order valence-corrected chi connectivity index (χ1v) is 10.6. The second-order valence-electron chi connectivity index (χ2n) is 7.84. The molecule has 0 aliphatic carbocycles. The van der Waals surface area contributed by atoms with Gasteiger partial charge in [-0.3, -0.25) is 10.2 Å². The number of amides is 1. The highest BCUT2D eigenvalue weighted by Crippen LogP contribution is 2.36. The fourth-order valence-corrected chi connectivity index (χ4v) is 3.66. The van der Waals surface area contributed by atoms with Crippen LogP contribution >= 0.6 is 0 Å². The molecule has 174 valence electrons. The number of carbonyl (C=O) groups excluding carboxylic acids is 1. The van der Waals surface area contributed by atoms with Crippen LogP contribution in [0.1, 0.15) is 12.5 Å². The zero-order chi connectivity index (χ0) is 24.5. The molecule has 35 heavy (non-hydrogen) atoms. The molecule has 0 fully saturated rings. The smallest absolute Gasteiger partial charge is 0.301 e. The van der Waals surface area contributed by atoms with Crippen LogP contribution in [0.25, 0.3) is 22.5 Å². The summed E-state index contributed by atoms with van der Waals surface area (Å²) in [5, 5.41) is 34.3. The van der Waals surface area contributed by atoms with E-state index in [0.717, 1.165) is 11.1 Å². The molecule has 0 radical (unpaired) electrons. The van der Waals surface area contributed by atoms with E-state index in [2.05, 4.69) is 36.3 Å². The van der Waals surface area contributed by atoms with E-state index in [0.29, 0.717) is 34.0 Å². The number of carbonyl (C=O) groups is 1. The Hall–Kier alpha value is -4.93. The molecule has 2 heterocycles. The lowest BCUT2D eigenvalue weighted by molar-refractivity contribution is -0.112. The molecule has 3 aromatic carbocycles. The van der Waals surface area contributed by atoms with Gasteiger partial charge in [-0.05, 0) is 65.7 Å². The van der Waals surface area contributed by atoms with Crippen LogP contribution in [-0.4, -0.2) is 43.1 Å². The van der Waals surface area contributed by atoms with E-state index in [1.165, 1.54) is 17.1 Å². The number of benzene rings is 3. The summed E-state index contributed by atoms with van der Waals surface area (Å²) in [4.78, 5) is 12.9. The lowest BCUT2D eigenvalue weighted by atomic mass is 10.0. The van der Waals surface area contributed by atoms with Crippen molar-refractivity contribution in [1.82, 2.24) is 20.6 Å². The van der Waals surface area contributed by atoms with Gasteiger partial charge in [0.25, 0.3) is 0 Å². The van der Waals surface area contributed by atoms with E-state index >= 15 is 0 Å². The molecule has 3 N–H and O–H groups in total. The lowest BCUT2D eigenvalue weighted by Crippen LogP contribution is -2.28. The number of phenols is 1. The van der Waals surface area contributed by atoms with Crippen molar-refractivity contribution in [2.45, 2.75) is 13.8 Å². The van der Waals surface area contributed by atoms with E-state index < -0.39 is 5.91 Å². The van der Waals surface area contributed by atoms with Crippen LogP contribution in [0.4, 0.5) is 15.8 Å². The number of aromatic hydroxyl groups is 1. The number of nitrogens with zero attached hydrogens (tertiary/aromatic N) is 6. The third-order valence-electron chi connectivity index (χ3n) is 5.49. The molecular formula is C24H19FN8O2. The number of hydrazone groups is 2. The average molecular weight is 470 g/mol. The Morgan fingerprint density at radius 3 is 2.63 bits per heavy atom. The fourth-order valence-electron chi connectivity index (χ4n) is 3.66. The summed E-state index contributed by atoms with van der Waals surface area (Å²) in [6.07, 6.45) is 0. The van der Waals surface area contributed by atoms with Gasteiger partial charge in [0.1, 0.15) is 11.6 Å². The van der Waals surface area contributed by atoms with Crippen LogP contribution in [-0.2, 0) is 4.79 Å². The molecule has 5 rings (SSSR count). The van der Waals surface area contributed by atoms with E-state index in [1.807, 2.05) is 24.3 Å². The average Bonchev–Trinajstić information content (AvgIpc) is 3.49. The van der Waals surface area contributed by atoms with Crippen LogP contribution in [0.3, 0.4) is 0 Å². The number of aromatic amines is 1. The van der Waals surface area contributed by atoms with Crippen LogP contribution in [0.5, 0.6) is 5.75 Å². The molecule has 0 bridgehead atoms. The summed E-state index contributed by atoms with van der Waals surface area (Å²) in [5.41, 5.74) is 6.42. The van der Waals surface area contributed by atoms with Crippen molar-refractivity contribution in [2.75, 3.05) is 10.4 Å². The number of nitrogens with one attached hydrogen (secondary N) is 2. The molecule has 11 heteroatoms. The highest BCUT2D eigenvalue weighted by molar-refractivity contribution is 6.71. The van der Waals surface area contributed by atoms with Gasteiger partial charge in [0.2, 0.25) is 0 Å². The molecule has 10 nitrogen and oxygen atoms in total. The summed E-state index contributed by atoms with van der Waals surface area (Å²) < 4.78 is 13.6. The van der Waals surface area contributed by atoms with Gasteiger partial charge in [0, 0.05) is 11.1 Å². The van der Waals surface area contributed by atoms with Crippen molar-refractivity contribution in [2.24, 2.45) is 10.2 Å². The summed E-state index contributed by atoms with van der Waals surface area (Å²) in [7, 11) is 0. The van der Waals surface area contributed by atoms with Crippen LogP contribution in [0.15, 0.2) is 70.9 Å². The van der Waals surface area contributed by atoms with Crippen molar-refractivity contribution >= 4 is 28.7 Å². The van der Waals surface area contributed by atoms with E-state index in [4.69, 9.17) is 0 Å². The predicted molar refractivity (Wildman–Crippen MR) is 130 cm³/mol. The number of phenolic OH excluding ortho intramolecular Hbond substituents is 1. The first-order valence-electron chi connectivity index (χ1n) is 10.6. The molecule has 1 amide bonds. The normalized spacial score (nSPS) is 14.5. The molecule has 4 aromatic rings. The first kappa shape index (κ1) is 21.9. The number of hydrogen-bond donors (Lipinski definition) is 3. The largest absolute Gasteiger partial charge is 0.505 e. The number of rotatable bonds is 5. The van der Waals surface area contributed by atoms with Crippen molar-refractivity contribution in [3.05, 3.63) is 72.0 Å². The Labute approximate surface area is 198 Å². The molecule has 0 saturated carbocycles. The van der Waals surface area contributed by atoms with E-state index in [1.54, 1.807) is 38.1 Å². The van der Waals surface area contributed by atoms with Crippen molar-refractivity contribution in [3.8, 4) is 28.3 Å². The molecule has 1 aromatic heterocycles. The molecule has 0 unspecified atom stereocenters. The summed E-state index contributed by atoms with van der Waals surface area (Å²) in [5.74, 6) is -0.377. The standard InChI is InChI=1S/C24H19FN8O2/c1-13-11-17(9-10-19(13)25)33-24(35)21(14(2)30-33)27-26-20-8-4-7-18(22(20)34)15-5-3-6-16(12-15)23-28-31-32-29-23/h3-12,26,34H,1-2H3,(H,28,29,31,32)/b27-21-. The van der Waals surface area contributed by atoms with Crippen molar-refractivity contribution in [1.29, 1.82) is 0 Å². The number of aryl methyl sites for hydroxylation is 1. The van der Waals surface area contributed by atoms with E-state index in [-0.39, 0.29) is 17.3 Å². The number of hydrogen-bond acceptors (Lipinski definition) is 8. The topological polar surface area (TPSA) is 132 Å². The Kier molecular flexibility index (Phi) is 5.49. The van der Waals surface area contributed by atoms with Gasteiger partial charge in [-0.25, -0.2) is 9.49 Å². The second kappa shape index (κ2) is 8.78. The molecular weight excluding hydrogens is 451 g/mol. The molecule has 0 saturated heterocycles. The Morgan fingerprint density at radius 2 is 1.86 bits per heavy atom. The van der Waals surface area contributed by atoms with Gasteiger partial charge in [-0.15, -0.1) is 5.10 Å². The van der Waals surface area contributed by atoms with E-state index in [9.17, 15) is 14.3 Å². The maximum atomic E-state index is 13.6. The summed E-state index contributed by atoms with van der Waals surface area (Å²) in [6, 6.07) is 16.8. The van der Waals surface area contributed by atoms with Crippen LogP contribution < -0.4 is 10.4 Å². The quantitative estimate of drug-likeness (QED) is 0.300. The monoisotopic (exact) mass is 470 g/mol. The number of aromatic nitrogens is 4. The highest BCUT2D eigenvalue weighted by atomic mass is 19.1. The third kappa shape index (κ3) is 4.10. The highest BCUT2D eigenvalue weighted by Gasteiger charge is 2.31. The minimum atomic E-state index is -0.468. The summed E-state index contributed by atoms with van der Waals surface area (Å²) >= 11 is 0. The van der Waals surface area contributed by atoms with Gasteiger partial charge < -0.3 is 5.11 Å². The van der Waals surface area contributed by atoms with Gasteiger partial charge >= 0.3 is 5.91 Å². The van der Waals surface area contributed by atoms with Crippen LogP contribution in [0, 0.1) is 12.7 Å². The second-order valence-corrected chi connectivity index (χ2v) is 7.84. The van der Waals surface area contributed by atoms with Crippen molar-refractivity contribution in [3.63, 3.8) is 0 Å². The Bertz CT molecular complexity index is 1500. The van der Waals surface area contributed by atoms with Crippen LogP contribution in [0.2, 0.25) is 0 Å². The Morgan fingerprint density at radius 1 is 1.06 bits per heavy atom. The lowest BCUT2D eigenvalue weighted by Gasteiger charge is -2.12. The predicted octanol–water partition coefficient (Wildman–Crippen LogP) is 3.88. The number of tetrazole rings is 1. The van der Waals surface area contributed by atoms with Gasteiger partial charge in [-0.1, -0.05) is 30.3 Å². The minimum Gasteiger partial charge on any atom is -0.505 e. The van der Waals surface area contributed by atoms with Crippen molar-refractivity contribution < 1.29 is 14.3 Å². The number of anilines is 2.